The van der Waals surface area contributed by atoms with Gasteiger partial charge < -0.3 is 4.90 Å². The fraction of sp³-hybridized carbons (Fsp3) is 0.182. The maximum Gasteiger partial charge on any atom is 0.416 e. The molecule has 0 saturated carbocycles. The summed E-state index contributed by atoms with van der Waals surface area (Å²) >= 11 is 1.50. The minimum atomic E-state index is -4.34. The van der Waals surface area contributed by atoms with Gasteiger partial charge in [-0.05, 0) is 42.8 Å². The number of thiazole rings is 1. The lowest BCUT2D eigenvalue weighted by atomic mass is 10.1. The summed E-state index contributed by atoms with van der Waals surface area (Å²) in [6.45, 7) is 2.57. The molecular formula is C22H21F3N6S. The molecule has 3 N–H and O–H groups in total. The molecule has 0 radical (unpaired) electrons. The van der Waals surface area contributed by atoms with E-state index < -0.39 is 11.7 Å². The van der Waals surface area contributed by atoms with Gasteiger partial charge in [0.2, 0.25) is 0 Å². The van der Waals surface area contributed by atoms with Crippen LogP contribution in [0.4, 0.5) is 18.9 Å². The Morgan fingerprint density at radius 1 is 1.03 bits per heavy atom. The number of alkyl halides is 3. The average Bonchev–Trinajstić information content (AvgIpc) is 3.42. The zero-order chi connectivity index (χ0) is 22.7. The second kappa shape index (κ2) is 9.01. The van der Waals surface area contributed by atoms with Crippen LogP contribution < -0.4 is 21.4 Å². The summed E-state index contributed by atoms with van der Waals surface area (Å²) in [4.78, 5) is 7.75. The van der Waals surface area contributed by atoms with Gasteiger partial charge in [-0.2, -0.15) is 13.2 Å². The molecule has 1 aliphatic heterocycles. The number of amidine groups is 1. The lowest BCUT2D eigenvalue weighted by Crippen LogP contribution is -2.34. The molecule has 166 valence electrons. The number of aryl methyl sites for hydroxylation is 1. The fourth-order valence-electron chi connectivity index (χ4n) is 3.11. The van der Waals surface area contributed by atoms with Gasteiger partial charge in [-0.15, -0.1) is 22.0 Å². The predicted octanol–water partition coefficient (Wildman–Crippen LogP) is 4.71. The second-order valence-electron chi connectivity index (χ2n) is 7.24. The van der Waals surface area contributed by atoms with Gasteiger partial charge in [-0.25, -0.2) is 10.5 Å². The molecule has 0 saturated heterocycles. The van der Waals surface area contributed by atoms with E-state index in [0.717, 1.165) is 34.0 Å². The van der Waals surface area contributed by atoms with Crippen LogP contribution in [0.2, 0.25) is 0 Å². The van der Waals surface area contributed by atoms with Crippen LogP contribution in [0.1, 0.15) is 21.7 Å². The Morgan fingerprint density at radius 3 is 2.38 bits per heavy atom. The molecule has 0 bridgehead atoms. The molecule has 0 aliphatic carbocycles. The third kappa shape index (κ3) is 5.09. The highest BCUT2D eigenvalue weighted by Gasteiger charge is 2.30. The van der Waals surface area contributed by atoms with Gasteiger partial charge in [0.1, 0.15) is 5.01 Å². The van der Waals surface area contributed by atoms with Crippen molar-refractivity contribution in [3.8, 4) is 10.6 Å². The first-order valence-corrected chi connectivity index (χ1v) is 10.6. The van der Waals surface area contributed by atoms with Crippen molar-refractivity contribution in [2.24, 2.45) is 5.10 Å². The summed E-state index contributed by atoms with van der Waals surface area (Å²) in [6, 6.07) is 13.2. The number of hydrazone groups is 1. The van der Waals surface area contributed by atoms with Gasteiger partial charge in [0.05, 0.1) is 17.8 Å². The third-order valence-corrected chi connectivity index (χ3v) is 6.11. The van der Waals surface area contributed by atoms with Crippen molar-refractivity contribution < 1.29 is 13.2 Å². The summed E-state index contributed by atoms with van der Waals surface area (Å²) in [5.41, 5.74) is 11.1. The van der Waals surface area contributed by atoms with Gasteiger partial charge >= 0.3 is 6.18 Å². The van der Waals surface area contributed by atoms with Crippen LogP contribution in [0.3, 0.4) is 0 Å². The monoisotopic (exact) mass is 458 g/mol. The number of rotatable bonds is 6. The molecule has 0 atom stereocenters. The van der Waals surface area contributed by atoms with Crippen LogP contribution in [0.15, 0.2) is 59.7 Å². The lowest BCUT2D eigenvalue weighted by molar-refractivity contribution is -0.137. The van der Waals surface area contributed by atoms with Crippen molar-refractivity contribution in [1.82, 2.24) is 21.5 Å². The first-order valence-electron chi connectivity index (χ1n) is 9.76. The number of hydrazine groups is 2. The Kier molecular flexibility index (Phi) is 6.15. The zero-order valence-electron chi connectivity index (χ0n) is 17.4. The van der Waals surface area contributed by atoms with E-state index in [2.05, 4.69) is 31.5 Å². The molecule has 3 aromatic rings. The average molecular weight is 459 g/mol. The molecule has 2 aromatic carbocycles. The Hall–Kier alpha value is -3.37. The van der Waals surface area contributed by atoms with Crippen LogP contribution in [-0.4, -0.2) is 17.9 Å². The fourth-order valence-corrected chi connectivity index (χ4v) is 4.23. The van der Waals surface area contributed by atoms with Gasteiger partial charge in [0.25, 0.3) is 0 Å². The maximum atomic E-state index is 12.8. The number of hydrogen-bond acceptors (Lipinski definition) is 7. The van der Waals surface area contributed by atoms with E-state index >= 15 is 0 Å². The molecular weight excluding hydrogens is 437 g/mol. The van der Waals surface area contributed by atoms with Crippen molar-refractivity contribution in [2.75, 3.05) is 11.9 Å². The highest BCUT2D eigenvalue weighted by molar-refractivity contribution is 7.15. The number of anilines is 1. The van der Waals surface area contributed by atoms with Gasteiger partial charge in [0.15, 0.2) is 5.84 Å². The minimum Gasteiger partial charge on any atom is -0.369 e. The molecule has 32 heavy (non-hydrogen) atoms. The maximum absolute atomic E-state index is 12.8. The normalized spacial score (nSPS) is 13.7. The summed E-state index contributed by atoms with van der Waals surface area (Å²) in [7, 11) is 2.00. The van der Waals surface area contributed by atoms with Gasteiger partial charge in [-0.1, -0.05) is 30.3 Å². The molecule has 0 amide bonds. The van der Waals surface area contributed by atoms with Gasteiger partial charge in [-0.3, -0.25) is 5.43 Å². The van der Waals surface area contributed by atoms with E-state index in [9.17, 15) is 13.2 Å². The number of nitrogens with one attached hydrogen (secondary N) is 3. The SMILES string of the molecule is Cc1nc(-c2ccc(C(F)(F)F)cc2)sc1CN(C)c1ccc(/C=C/C2=NNNN2)cc1. The van der Waals surface area contributed by atoms with Crippen molar-refractivity contribution in [3.05, 3.63) is 76.3 Å². The van der Waals surface area contributed by atoms with Crippen molar-refractivity contribution >= 4 is 28.9 Å². The summed E-state index contributed by atoms with van der Waals surface area (Å²) in [6.07, 6.45) is -0.532. The van der Waals surface area contributed by atoms with Crippen molar-refractivity contribution in [1.29, 1.82) is 0 Å². The number of benzene rings is 2. The van der Waals surface area contributed by atoms with E-state index in [0.29, 0.717) is 23.0 Å². The lowest BCUT2D eigenvalue weighted by Gasteiger charge is -2.18. The Morgan fingerprint density at radius 2 is 1.75 bits per heavy atom. The largest absolute Gasteiger partial charge is 0.416 e. The van der Waals surface area contributed by atoms with E-state index in [-0.39, 0.29) is 0 Å². The number of nitrogens with zero attached hydrogens (tertiary/aromatic N) is 3. The highest BCUT2D eigenvalue weighted by atomic mass is 32.1. The van der Waals surface area contributed by atoms with Crippen LogP contribution in [0.5, 0.6) is 0 Å². The number of hydrogen-bond donors (Lipinski definition) is 3. The smallest absolute Gasteiger partial charge is 0.369 e. The number of aromatic nitrogens is 1. The third-order valence-electron chi connectivity index (χ3n) is 4.92. The summed E-state index contributed by atoms with van der Waals surface area (Å²) < 4.78 is 38.4. The standard InChI is InChI=1S/C22H21F3N6S/c1-14-19(32-21(26-14)16-6-8-17(9-7-16)22(23,24)25)13-31(2)18-10-3-15(4-11-18)5-12-20-27-29-30-28-20/h3-12,29-30H,13H2,1-2H3,(H,27,28)/b12-5+. The van der Waals surface area contributed by atoms with E-state index in [1.807, 2.05) is 50.4 Å². The van der Waals surface area contributed by atoms with Crippen LogP contribution in [0.25, 0.3) is 16.6 Å². The molecule has 0 unspecified atom stereocenters. The topological polar surface area (TPSA) is 64.6 Å². The van der Waals surface area contributed by atoms with Crippen LogP contribution >= 0.6 is 11.3 Å². The van der Waals surface area contributed by atoms with Gasteiger partial charge in [0, 0.05) is 23.2 Å². The second-order valence-corrected chi connectivity index (χ2v) is 8.33. The van der Waals surface area contributed by atoms with E-state index in [1.54, 1.807) is 0 Å². The molecule has 0 spiro atoms. The molecule has 10 heteroatoms. The van der Waals surface area contributed by atoms with Crippen molar-refractivity contribution in [3.63, 3.8) is 0 Å². The molecule has 0 fully saturated rings. The van der Waals surface area contributed by atoms with E-state index in [1.165, 1.54) is 23.5 Å². The molecule has 4 rings (SSSR count). The minimum absolute atomic E-state index is 0.650. The first kappa shape index (κ1) is 21.8. The molecule has 1 aliphatic rings. The summed E-state index contributed by atoms with van der Waals surface area (Å²) in [5.74, 6) is 0.690. The quantitative estimate of drug-likeness (QED) is 0.499. The molecule has 6 nitrogen and oxygen atoms in total. The number of halogens is 3. The molecule has 2 heterocycles. The van der Waals surface area contributed by atoms with Crippen LogP contribution in [0, 0.1) is 6.92 Å². The predicted molar refractivity (Wildman–Crippen MR) is 122 cm³/mol. The Bertz CT molecular complexity index is 1130. The van der Waals surface area contributed by atoms with Crippen LogP contribution in [-0.2, 0) is 12.7 Å². The van der Waals surface area contributed by atoms with Crippen molar-refractivity contribution in [2.45, 2.75) is 19.6 Å². The Balaban J connectivity index is 1.43. The summed E-state index contributed by atoms with van der Waals surface area (Å²) in [5, 5.41) is 4.70. The van der Waals surface area contributed by atoms with E-state index in [4.69, 9.17) is 0 Å². The Labute approximate surface area is 187 Å². The highest BCUT2D eigenvalue weighted by Crippen LogP contribution is 2.33. The first-order chi connectivity index (χ1) is 15.3. The zero-order valence-corrected chi connectivity index (χ0v) is 18.2. The molecule has 1 aromatic heterocycles.